The molecule has 0 radical (unpaired) electrons. The van der Waals surface area contributed by atoms with Gasteiger partial charge in [0.25, 0.3) is 0 Å². The molecule has 0 aliphatic heterocycles. The lowest BCUT2D eigenvalue weighted by atomic mass is 10.0. The van der Waals surface area contributed by atoms with E-state index in [4.69, 9.17) is 0 Å². The van der Waals surface area contributed by atoms with Crippen molar-refractivity contribution < 1.29 is 5.11 Å². The van der Waals surface area contributed by atoms with Crippen LogP contribution in [0.2, 0.25) is 0 Å². The molecule has 116 valence electrons. The minimum Gasteiger partial charge on any atom is -0.393 e. The highest BCUT2D eigenvalue weighted by Crippen LogP contribution is 2.13. The second-order valence-electron chi connectivity index (χ2n) is 6.12. The minimum absolute atomic E-state index is 0.0341. The Labute approximate surface area is 122 Å². The maximum atomic E-state index is 9.61. The van der Waals surface area contributed by atoms with E-state index in [-0.39, 0.29) is 6.10 Å². The summed E-state index contributed by atoms with van der Waals surface area (Å²) in [7, 11) is 0. The quantitative estimate of drug-likeness (QED) is 0.349. The normalized spacial score (nSPS) is 12.8. The number of aliphatic hydroxyl groups is 1. The summed E-state index contributed by atoms with van der Waals surface area (Å²) in [5.41, 5.74) is 0. The Morgan fingerprint density at radius 3 is 1.37 bits per heavy atom. The van der Waals surface area contributed by atoms with Gasteiger partial charge in [0, 0.05) is 0 Å². The van der Waals surface area contributed by atoms with E-state index in [1.807, 2.05) is 0 Å². The van der Waals surface area contributed by atoms with Crippen LogP contribution in [0.5, 0.6) is 0 Å². The third kappa shape index (κ3) is 15.9. The zero-order chi connectivity index (χ0) is 14.2. The number of rotatable bonds is 15. The molecule has 0 aromatic rings. The summed E-state index contributed by atoms with van der Waals surface area (Å²) in [5, 5.41) is 9.61. The highest BCUT2D eigenvalue weighted by Gasteiger charge is 2.01. The lowest BCUT2D eigenvalue weighted by Gasteiger charge is -2.08. The van der Waals surface area contributed by atoms with Crippen molar-refractivity contribution in [3.05, 3.63) is 0 Å². The van der Waals surface area contributed by atoms with Crippen molar-refractivity contribution in [1.82, 2.24) is 0 Å². The number of hydrogen-bond acceptors (Lipinski definition) is 1. The van der Waals surface area contributed by atoms with E-state index in [1.165, 1.54) is 77.0 Å². The summed E-state index contributed by atoms with van der Waals surface area (Å²) < 4.78 is 0. The molecule has 1 unspecified atom stereocenters. The van der Waals surface area contributed by atoms with E-state index < -0.39 is 0 Å². The van der Waals surface area contributed by atoms with Crippen molar-refractivity contribution in [2.45, 2.75) is 116 Å². The van der Waals surface area contributed by atoms with Crippen LogP contribution in [0.1, 0.15) is 110 Å². The average Bonchev–Trinajstić information content (AvgIpc) is 2.40. The Morgan fingerprint density at radius 1 is 0.526 bits per heavy atom. The van der Waals surface area contributed by atoms with Crippen molar-refractivity contribution in [1.29, 1.82) is 0 Å². The standard InChI is InChI=1S/C18H38O/c1-3-5-6-7-8-9-10-11-12-13-14-15-17-18(19)16-4-2/h18-19H,3-17H2,1-2H3. The first-order chi connectivity index (χ1) is 9.31. The molecule has 0 aromatic heterocycles. The van der Waals surface area contributed by atoms with Gasteiger partial charge in [-0.05, 0) is 12.8 Å². The highest BCUT2D eigenvalue weighted by atomic mass is 16.3. The van der Waals surface area contributed by atoms with Crippen molar-refractivity contribution in [3.63, 3.8) is 0 Å². The van der Waals surface area contributed by atoms with Gasteiger partial charge in [-0.25, -0.2) is 0 Å². The molecule has 0 saturated carbocycles. The lowest BCUT2D eigenvalue weighted by Crippen LogP contribution is -2.04. The van der Waals surface area contributed by atoms with Gasteiger partial charge >= 0.3 is 0 Å². The van der Waals surface area contributed by atoms with Gasteiger partial charge in [-0.3, -0.25) is 0 Å². The van der Waals surface area contributed by atoms with E-state index in [0.717, 1.165) is 19.3 Å². The van der Waals surface area contributed by atoms with Crippen LogP contribution < -0.4 is 0 Å². The molecular weight excluding hydrogens is 232 g/mol. The molecule has 1 heteroatoms. The number of hydrogen-bond donors (Lipinski definition) is 1. The summed E-state index contributed by atoms with van der Waals surface area (Å²) >= 11 is 0. The molecule has 0 bridgehead atoms. The van der Waals surface area contributed by atoms with Gasteiger partial charge in [-0.1, -0.05) is 97.3 Å². The third-order valence-corrected chi connectivity index (χ3v) is 4.01. The molecule has 0 aromatic carbocycles. The van der Waals surface area contributed by atoms with E-state index in [1.54, 1.807) is 0 Å². The zero-order valence-corrected chi connectivity index (χ0v) is 13.6. The molecule has 0 aliphatic rings. The van der Waals surface area contributed by atoms with Crippen molar-refractivity contribution in [2.24, 2.45) is 0 Å². The average molecular weight is 271 g/mol. The van der Waals surface area contributed by atoms with Gasteiger partial charge in [0.15, 0.2) is 0 Å². The van der Waals surface area contributed by atoms with E-state index in [2.05, 4.69) is 13.8 Å². The molecule has 0 heterocycles. The van der Waals surface area contributed by atoms with Crippen molar-refractivity contribution in [2.75, 3.05) is 0 Å². The highest BCUT2D eigenvalue weighted by molar-refractivity contribution is 4.55. The molecule has 0 amide bonds. The van der Waals surface area contributed by atoms with Gasteiger partial charge in [-0.2, -0.15) is 0 Å². The fourth-order valence-electron chi connectivity index (χ4n) is 2.70. The molecule has 19 heavy (non-hydrogen) atoms. The van der Waals surface area contributed by atoms with E-state index >= 15 is 0 Å². The molecule has 0 saturated heterocycles. The zero-order valence-electron chi connectivity index (χ0n) is 13.6. The third-order valence-electron chi connectivity index (χ3n) is 4.01. The van der Waals surface area contributed by atoms with Gasteiger partial charge in [0.2, 0.25) is 0 Å². The maximum Gasteiger partial charge on any atom is 0.0540 e. The Morgan fingerprint density at radius 2 is 0.947 bits per heavy atom. The van der Waals surface area contributed by atoms with Crippen LogP contribution in [0.3, 0.4) is 0 Å². The monoisotopic (exact) mass is 270 g/mol. The van der Waals surface area contributed by atoms with E-state index in [9.17, 15) is 5.11 Å². The van der Waals surface area contributed by atoms with Crippen LogP contribution in [0, 0.1) is 0 Å². The summed E-state index contributed by atoms with van der Waals surface area (Å²) in [5.74, 6) is 0. The molecular formula is C18H38O. The first-order valence-corrected chi connectivity index (χ1v) is 8.99. The SMILES string of the molecule is CCCCCCCCCCCCCCC(O)CCC. The van der Waals surface area contributed by atoms with Crippen LogP contribution in [-0.4, -0.2) is 11.2 Å². The smallest absolute Gasteiger partial charge is 0.0540 e. The molecule has 0 rings (SSSR count). The topological polar surface area (TPSA) is 20.2 Å². The van der Waals surface area contributed by atoms with Gasteiger partial charge in [0.1, 0.15) is 0 Å². The number of aliphatic hydroxyl groups excluding tert-OH is 1. The molecule has 1 nitrogen and oxygen atoms in total. The summed E-state index contributed by atoms with van der Waals surface area (Å²) in [6, 6.07) is 0. The Kier molecular flexibility index (Phi) is 16.0. The second-order valence-corrected chi connectivity index (χ2v) is 6.12. The predicted octanol–water partition coefficient (Wildman–Crippen LogP) is 6.24. The molecule has 0 spiro atoms. The van der Waals surface area contributed by atoms with Crippen molar-refractivity contribution in [3.8, 4) is 0 Å². The van der Waals surface area contributed by atoms with E-state index in [0.29, 0.717) is 0 Å². The fourth-order valence-corrected chi connectivity index (χ4v) is 2.70. The first-order valence-electron chi connectivity index (χ1n) is 8.99. The minimum atomic E-state index is -0.0341. The molecule has 0 aliphatic carbocycles. The Hall–Kier alpha value is -0.0400. The van der Waals surface area contributed by atoms with Crippen LogP contribution in [0.15, 0.2) is 0 Å². The Balaban J connectivity index is 2.99. The van der Waals surface area contributed by atoms with Crippen molar-refractivity contribution >= 4 is 0 Å². The fraction of sp³-hybridized carbons (Fsp3) is 1.00. The van der Waals surface area contributed by atoms with Gasteiger partial charge in [0.05, 0.1) is 6.10 Å². The van der Waals surface area contributed by atoms with Crippen LogP contribution in [-0.2, 0) is 0 Å². The van der Waals surface area contributed by atoms with Gasteiger partial charge in [-0.15, -0.1) is 0 Å². The van der Waals surface area contributed by atoms with Gasteiger partial charge < -0.3 is 5.11 Å². The molecule has 1 atom stereocenters. The van der Waals surface area contributed by atoms with Crippen LogP contribution >= 0.6 is 0 Å². The van der Waals surface area contributed by atoms with Crippen LogP contribution in [0.25, 0.3) is 0 Å². The largest absolute Gasteiger partial charge is 0.393 e. The summed E-state index contributed by atoms with van der Waals surface area (Å²) in [6.45, 7) is 4.42. The summed E-state index contributed by atoms with van der Waals surface area (Å²) in [6.07, 6.45) is 19.8. The van der Waals surface area contributed by atoms with Crippen LogP contribution in [0.4, 0.5) is 0 Å². The first kappa shape index (κ1) is 19.0. The molecule has 1 N–H and O–H groups in total. The number of unbranched alkanes of at least 4 members (excludes halogenated alkanes) is 11. The second kappa shape index (κ2) is 16.0. The molecule has 0 fully saturated rings. The maximum absolute atomic E-state index is 9.61. The Bertz CT molecular complexity index is 156. The predicted molar refractivity (Wildman–Crippen MR) is 86.6 cm³/mol. The summed E-state index contributed by atoms with van der Waals surface area (Å²) in [4.78, 5) is 0. The lowest BCUT2D eigenvalue weighted by molar-refractivity contribution is 0.150.